The van der Waals surface area contributed by atoms with E-state index in [9.17, 15) is 4.79 Å². The van der Waals surface area contributed by atoms with E-state index >= 15 is 0 Å². The second-order valence-corrected chi connectivity index (χ2v) is 7.08. The normalized spacial score (nSPS) is 12.0. The first kappa shape index (κ1) is 18.2. The average molecular weight is 370 g/mol. The van der Waals surface area contributed by atoms with Crippen LogP contribution in [0.25, 0.3) is 10.8 Å². The van der Waals surface area contributed by atoms with Crippen LogP contribution in [0.3, 0.4) is 0 Å². The zero-order valence-electron chi connectivity index (χ0n) is 15.4. The third-order valence-electron chi connectivity index (χ3n) is 4.52. The van der Waals surface area contributed by atoms with Crippen molar-refractivity contribution in [1.29, 1.82) is 0 Å². The molecule has 0 radical (unpaired) electrons. The molecule has 136 valence electrons. The third kappa shape index (κ3) is 3.80. The Morgan fingerprint density at radius 1 is 1.31 bits per heavy atom. The minimum absolute atomic E-state index is 0.00227. The summed E-state index contributed by atoms with van der Waals surface area (Å²) in [6, 6.07) is 11.6. The lowest BCUT2D eigenvalue weighted by Crippen LogP contribution is -2.31. The summed E-state index contributed by atoms with van der Waals surface area (Å²) in [5.41, 5.74) is 1.74. The topological polar surface area (TPSA) is 55.6 Å². The minimum Gasteiger partial charge on any atom is -0.497 e. The largest absolute Gasteiger partial charge is 0.497 e. The Kier molecular flexibility index (Phi) is 5.42. The molecule has 0 spiro atoms. The highest BCUT2D eigenvalue weighted by Gasteiger charge is 2.21. The van der Waals surface area contributed by atoms with Crippen LogP contribution in [0.1, 0.15) is 30.0 Å². The van der Waals surface area contributed by atoms with E-state index in [-0.39, 0.29) is 18.4 Å². The summed E-state index contributed by atoms with van der Waals surface area (Å²) in [6.07, 6.45) is 0.220. The molecule has 0 N–H and O–H groups in total. The van der Waals surface area contributed by atoms with Gasteiger partial charge in [0.2, 0.25) is 11.8 Å². The molecule has 3 rings (SSSR count). The number of hydrogen-bond acceptors (Lipinski definition) is 5. The summed E-state index contributed by atoms with van der Waals surface area (Å²) < 4.78 is 10.9. The number of aromatic nitrogens is 1. The Morgan fingerprint density at radius 3 is 2.65 bits per heavy atom. The molecule has 1 aromatic carbocycles. The maximum Gasteiger partial charge on any atom is 0.236 e. The molecule has 0 aliphatic rings. The number of amides is 1. The first-order valence-electron chi connectivity index (χ1n) is 8.39. The highest BCUT2D eigenvalue weighted by atomic mass is 32.1. The number of thiophene rings is 1. The van der Waals surface area contributed by atoms with Crippen molar-refractivity contribution in [2.45, 2.75) is 26.3 Å². The van der Waals surface area contributed by atoms with Crippen LogP contribution < -0.4 is 4.74 Å². The van der Waals surface area contributed by atoms with E-state index in [4.69, 9.17) is 9.15 Å². The van der Waals surface area contributed by atoms with E-state index in [1.165, 1.54) is 0 Å². The maximum absolute atomic E-state index is 12.7. The third-order valence-corrected chi connectivity index (χ3v) is 5.37. The standard InChI is InChI=1S/C20H22N2O3S/c1-13(15-7-9-16(24-4)10-8-15)22(3)19(23)12-17-14(2)25-20(21-17)18-6-5-11-26-18/h5-11,13H,12H2,1-4H3. The number of benzene rings is 1. The number of nitrogens with zero attached hydrogens (tertiary/aromatic N) is 2. The number of methoxy groups -OCH3 is 1. The molecule has 0 saturated carbocycles. The molecule has 6 heteroatoms. The molecule has 2 aromatic heterocycles. The average Bonchev–Trinajstić information content (AvgIpc) is 3.31. The van der Waals surface area contributed by atoms with Crippen molar-refractivity contribution in [3.05, 3.63) is 58.8 Å². The van der Waals surface area contributed by atoms with Crippen molar-refractivity contribution >= 4 is 17.2 Å². The predicted molar refractivity (Wildman–Crippen MR) is 102 cm³/mol. The number of carbonyl (C=O) groups is 1. The number of ether oxygens (including phenoxy) is 1. The molecule has 3 aromatic rings. The number of rotatable bonds is 6. The summed E-state index contributed by atoms with van der Waals surface area (Å²) in [5.74, 6) is 2.06. The highest BCUT2D eigenvalue weighted by molar-refractivity contribution is 7.13. The van der Waals surface area contributed by atoms with Crippen LogP contribution in [0.5, 0.6) is 5.75 Å². The predicted octanol–water partition coefficient (Wildman–Crippen LogP) is 4.48. The Morgan fingerprint density at radius 2 is 2.04 bits per heavy atom. The van der Waals surface area contributed by atoms with Gasteiger partial charge in [0.05, 0.1) is 30.1 Å². The number of likely N-dealkylation sites (N-methyl/N-ethyl adjacent to an activating group) is 1. The van der Waals surface area contributed by atoms with Crippen LogP contribution in [0, 0.1) is 6.92 Å². The van der Waals surface area contributed by atoms with Gasteiger partial charge in [0.1, 0.15) is 11.5 Å². The molecule has 1 unspecified atom stereocenters. The van der Waals surface area contributed by atoms with E-state index in [1.807, 2.05) is 62.7 Å². The van der Waals surface area contributed by atoms with Gasteiger partial charge in [-0.25, -0.2) is 4.98 Å². The smallest absolute Gasteiger partial charge is 0.236 e. The molecule has 0 aliphatic carbocycles. The summed E-state index contributed by atoms with van der Waals surface area (Å²) in [5, 5.41) is 1.98. The zero-order chi connectivity index (χ0) is 18.7. The van der Waals surface area contributed by atoms with Crippen LogP contribution in [-0.4, -0.2) is 29.9 Å². The zero-order valence-corrected chi connectivity index (χ0v) is 16.2. The van der Waals surface area contributed by atoms with Crippen molar-refractivity contribution in [1.82, 2.24) is 9.88 Å². The molecule has 1 atom stereocenters. The second-order valence-electron chi connectivity index (χ2n) is 6.13. The van der Waals surface area contributed by atoms with Gasteiger partial charge in [0.25, 0.3) is 0 Å². The first-order chi connectivity index (χ1) is 12.5. The Labute approximate surface area is 157 Å². The SMILES string of the molecule is COc1ccc(C(C)N(C)C(=O)Cc2nc(-c3cccs3)oc2C)cc1. The van der Waals surface area contributed by atoms with Crippen LogP contribution in [0.15, 0.2) is 46.2 Å². The van der Waals surface area contributed by atoms with Crippen molar-refractivity contribution in [3.8, 4) is 16.5 Å². The summed E-state index contributed by atoms with van der Waals surface area (Å²) >= 11 is 1.57. The van der Waals surface area contributed by atoms with Gasteiger partial charge >= 0.3 is 0 Å². The van der Waals surface area contributed by atoms with Crippen LogP contribution in [0.4, 0.5) is 0 Å². The Bertz CT molecular complexity index is 869. The fourth-order valence-electron chi connectivity index (χ4n) is 2.69. The number of carbonyl (C=O) groups excluding carboxylic acids is 1. The van der Waals surface area contributed by atoms with E-state index in [1.54, 1.807) is 23.3 Å². The van der Waals surface area contributed by atoms with E-state index in [0.717, 1.165) is 16.2 Å². The molecule has 2 heterocycles. The number of aryl methyl sites for hydroxylation is 1. The van der Waals surface area contributed by atoms with Gasteiger partial charge in [0.15, 0.2) is 0 Å². The molecular formula is C20H22N2O3S. The lowest BCUT2D eigenvalue weighted by Gasteiger charge is -2.25. The first-order valence-corrected chi connectivity index (χ1v) is 9.27. The van der Waals surface area contributed by atoms with Crippen molar-refractivity contribution < 1.29 is 13.9 Å². The van der Waals surface area contributed by atoms with Gasteiger partial charge in [-0.2, -0.15) is 0 Å². The molecule has 0 fully saturated rings. The monoisotopic (exact) mass is 370 g/mol. The lowest BCUT2D eigenvalue weighted by molar-refractivity contribution is -0.131. The molecule has 0 aliphatic heterocycles. The molecule has 26 heavy (non-hydrogen) atoms. The molecular weight excluding hydrogens is 348 g/mol. The van der Waals surface area contributed by atoms with Gasteiger partial charge in [-0.3, -0.25) is 4.79 Å². The fraction of sp³-hybridized carbons (Fsp3) is 0.300. The van der Waals surface area contributed by atoms with E-state index in [2.05, 4.69) is 4.98 Å². The lowest BCUT2D eigenvalue weighted by atomic mass is 10.1. The molecule has 1 amide bonds. The van der Waals surface area contributed by atoms with Gasteiger partial charge in [-0.15, -0.1) is 11.3 Å². The van der Waals surface area contributed by atoms with Gasteiger partial charge in [-0.05, 0) is 43.0 Å². The van der Waals surface area contributed by atoms with Gasteiger partial charge in [-0.1, -0.05) is 18.2 Å². The van der Waals surface area contributed by atoms with Gasteiger partial charge < -0.3 is 14.1 Å². The highest BCUT2D eigenvalue weighted by Crippen LogP contribution is 2.27. The Balaban J connectivity index is 1.70. The summed E-state index contributed by atoms with van der Waals surface area (Å²) in [4.78, 5) is 19.9. The van der Waals surface area contributed by atoms with Crippen LogP contribution >= 0.6 is 11.3 Å². The molecule has 0 bridgehead atoms. The fourth-order valence-corrected chi connectivity index (χ4v) is 3.34. The van der Waals surface area contributed by atoms with E-state index in [0.29, 0.717) is 17.3 Å². The van der Waals surface area contributed by atoms with Crippen molar-refractivity contribution in [2.24, 2.45) is 0 Å². The van der Waals surface area contributed by atoms with Crippen LogP contribution in [0.2, 0.25) is 0 Å². The number of hydrogen-bond donors (Lipinski definition) is 0. The quantitative estimate of drug-likeness (QED) is 0.642. The van der Waals surface area contributed by atoms with Gasteiger partial charge in [0, 0.05) is 7.05 Å². The van der Waals surface area contributed by atoms with Crippen molar-refractivity contribution in [2.75, 3.05) is 14.2 Å². The van der Waals surface area contributed by atoms with Crippen molar-refractivity contribution in [3.63, 3.8) is 0 Å². The summed E-state index contributed by atoms with van der Waals surface area (Å²) in [7, 11) is 3.45. The van der Waals surface area contributed by atoms with E-state index < -0.39 is 0 Å². The summed E-state index contributed by atoms with van der Waals surface area (Å²) in [6.45, 7) is 3.85. The Hall–Kier alpha value is -2.60. The minimum atomic E-state index is -0.0441. The number of oxazole rings is 1. The molecule has 0 saturated heterocycles. The van der Waals surface area contributed by atoms with Crippen LogP contribution in [-0.2, 0) is 11.2 Å². The maximum atomic E-state index is 12.7. The second kappa shape index (κ2) is 7.74. The molecule has 5 nitrogen and oxygen atoms in total.